The predicted molar refractivity (Wildman–Crippen MR) is 131 cm³/mol. The van der Waals surface area contributed by atoms with E-state index in [0.29, 0.717) is 42.5 Å². The van der Waals surface area contributed by atoms with Crippen molar-refractivity contribution < 1.29 is 9.53 Å². The first-order chi connectivity index (χ1) is 16.5. The van der Waals surface area contributed by atoms with E-state index in [9.17, 15) is 9.59 Å². The Kier molecular flexibility index (Phi) is 7.27. The monoisotopic (exact) mass is 479 g/mol. The minimum atomic E-state index is -0.268. The summed E-state index contributed by atoms with van der Waals surface area (Å²) in [6, 6.07) is 14.7. The number of fused-ring (bicyclic) bond motifs is 1. The lowest BCUT2D eigenvalue weighted by molar-refractivity contribution is -0.122. The molecular formula is C25H26ClN5O3. The number of amides is 1. The van der Waals surface area contributed by atoms with Gasteiger partial charge in [0.25, 0.3) is 0 Å². The van der Waals surface area contributed by atoms with Gasteiger partial charge < -0.3 is 10.1 Å². The highest BCUT2D eigenvalue weighted by Gasteiger charge is 2.16. The molecule has 176 valence electrons. The molecule has 0 fully saturated rings. The summed E-state index contributed by atoms with van der Waals surface area (Å²) in [5.41, 5.74) is 1.55. The number of aromatic nitrogens is 4. The van der Waals surface area contributed by atoms with Crippen molar-refractivity contribution in [1.82, 2.24) is 24.5 Å². The first-order valence-electron chi connectivity index (χ1n) is 11.1. The molecule has 2 heterocycles. The molecule has 0 radical (unpaired) electrons. The summed E-state index contributed by atoms with van der Waals surface area (Å²) >= 11 is 6.14. The lowest BCUT2D eigenvalue weighted by Crippen LogP contribution is -2.25. The van der Waals surface area contributed by atoms with Crippen LogP contribution in [0.15, 0.2) is 65.7 Å². The summed E-state index contributed by atoms with van der Waals surface area (Å²) in [5, 5.41) is 11.9. The molecule has 0 aliphatic carbocycles. The number of benzene rings is 2. The zero-order valence-corrected chi connectivity index (χ0v) is 19.8. The molecule has 1 atom stereocenters. The Bertz CT molecular complexity index is 1350. The Labute approximate surface area is 202 Å². The summed E-state index contributed by atoms with van der Waals surface area (Å²) in [7, 11) is 0. The number of halogens is 1. The molecule has 0 saturated carbocycles. The van der Waals surface area contributed by atoms with Gasteiger partial charge in [0.1, 0.15) is 11.6 Å². The number of nitrogens with zero attached hydrogens (tertiary/aromatic N) is 4. The number of nitrogens with one attached hydrogen (secondary N) is 1. The number of hydrogen-bond donors (Lipinski definition) is 1. The molecule has 0 spiro atoms. The molecule has 0 aliphatic rings. The van der Waals surface area contributed by atoms with Gasteiger partial charge in [-0.05, 0) is 48.7 Å². The van der Waals surface area contributed by atoms with Gasteiger partial charge >= 0.3 is 5.56 Å². The maximum absolute atomic E-state index is 13.0. The summed E-state index contributed by atoms with van der Waals surface area (Å²) < 4.78 is 8.67. The fraction of sp³-hybridized carbons (Fsp3) is 0.280. The van der Waals surface area contributed by atoms with E-state index in [1.165, 1.54) is 4.57 Å². The first-order valence-corrected chi connectivity index (χ1v) is 11.5. The van der Waals surface area contributed by atoms with Crippen LogP contribution in [0, 0.1) is 5.92 Å². The lowest BCUT2D eigenvalue weighted by atomic mass is 10.0. The predicted octanol–water partition coefficient (Wildman–Crippen LogP) is 3.82. The second-order valence-corrected chi connectivity index (χ2v) is 8.50. The second-order valence-electron chi connectivity index (χ2n) is 8.09. The first kappa shape index (κ1) is 23.5. The van der Waals surface area contributed by atoms with Crippen LogP contribution >= 0.6 is 11.6 Å². The van der Waals surface area contributed by atoms with Crippen LogP contribution in [0.25, 0.3) is 11.3 Å². The standard InChI is InChI=1S/C25H26ClN5O3/c1-3-34-20-10-8-19(9-11-20)30-12-13-31-22(28-29-24(31)25(30)33)14-17(2)15-23(32)27-16-18-6-4-5-7-21(18)26/h4-13,17H,3,14-16H2,1-2H3,(H,27,32). The van der Waals surface area contributed by atoms with E-state index in [0.717, 1.165) is 11.3 Å². The molecule has 2 aromatic carbocycles. The molecular weight excluding hydrogens is 454 g/mol. The summed E-state index contributed by atoms with van der Waals surface area (Å²) in [6.07, 6.45) is 4.29. The van der Waals surface area contributed by atoms with Crippen molar-refractivity contribution in [3.8, 4) is 11.4 Å². The number of carbonyl (C=O) groups is 1. The topological polar surface area (TPSA) is 90.5 Å². The smallest absolute Gasteiger partial charge is 0.300 e. The van der Waals surface area contributed by atoms with Crippen LogP contribution < -0.4 is 15.6 Å². The Balaban J connectivity index is 1.42. The van der Waals surface area contributed by atoms with Crippen LogP contribution in [0.3, 0.4) is 0 Å². The number of rotatable bonds is 9. The van der Waals surface area contributed by atoms with Crippen LogP contribution in [-0.4, -0.2) is 31.7 Å². The summed E-state index contributed by atoms with van der Waals surface area (Å²) in [6.45, 7) is 4.85. The summed E-state index contributed by atoms with van der Waals surface area (Å²) in [4.78, 5) is 25.4. The zero-order valence-electron chi connectivity index (χ0n) is 19.1. The van der Waals surface area contributed by atoms with Crippen molar-refractivity contribution in [3.63, 3.8) is 0 Å². The zero-order chi connectivity index (χ0) is 24.1. The van der Waals surface area contributed by atoms with Gasteiger partial charge in [0.15, 0.2) is 0 Å². The van der Waals surface area contributed by atoms with E-state index in [1.54, 1.807) is 22.9 Å². The van der Waals surface area contributed by atoms with Crippen LogP contribution in [0.2, 0.25) is 5.02 Å². The van der Waals surface area contributed by atoms with Crippen LogP contribution in [0.1, 0.15) is 31.7 Å². The highest BCUT2D eigenvalue weighted by Crippen LogP contribution is 2.17. The molecule has 34 heavy (non-hydrogen) atoms. The maximum Gasteiger partial charge on any atom is 0.300 e. The fourth-order valence-electron chi connectivity index (χ4n) is 3.76. The van der Waals surface area contributed by atoms with Gasteiger partial charge in [-0.1, -0.05) is 36.7 Å². The van der Waals surface area contributed by atoms with Crippen LogP contribution in [0.4, 0.5) is 0 Å². The molecule has 8 nitrogen and oxygen atoms in total. The fourth-order valence-corrected chi connectivity index (χ4v) is 3.96. The van der Waals surface area contributed by atoms with Crippen molar-refractivity contribution in [2.24, 2.45) is 5.92 Å². The van der Waals surface area contributed by atoms with Crippen molar-refractivity contribution in [3.05, 3.63) is 87.7 Å². The molecule has 0 saturated heterocycles. The van der Waals surface area contributed by atoms with Gasteiger partial charge in [-0.25, -0.2) is 0 Å². The third-order valence-electron chi connectivity index (χ3n) is 5.47. The van der Waals surface area contributed by atoms with Gasteiger partial charge in [-0.2, -0.15) is 0 Å². The van der Waals surface area contributed by atoms with Gasteiger partial charge in [0.2, 0.25) is 11.6 Å². The van der Waals surface area contributed by atoms with Gasteiger partial charge in [0.05, 0.1) is 6.61 Å². The molecule has 2 aromatic heterocycles. The summed E-state index contributed by atoms with van der Waals surface area (Å²) in [5.74, 6) is 1.32. The molecule has 4 rings (SSSR count). The minimum absolute atomic E-state index is 0.00665. The number of ether oxygens (including phenoxy) is 1. The van der Waals surface area contributed by atoms with Gasteiger partial charge in [-0.15, -0.1) is 10.2 Å². The van der Waals surface area contributed by atoms with E-state index in [2.05, 4.69) is 15.5 Å². The van der Waals surface area contributed by atoms with Crippen molar-refractivity contribution in [1.29, 1.82) is 0 Å². The number of carbonyl (C=O) groups excluding carboxylic acids is 1. The van der Waals surface area contributed by atoms with Gasteiger partial charge in [0, 0.05) is 42.5 Å². The van der Waals surface area contributed by atoms with E-state index in [4.69, 9.17) is 16.3 Å². The largest absolute Gasteiger partial charge is 0.494 e. The van der Waals surface area contributed by atoms with E-state index >= 15 is 0 Å². The minimum Gasteiger partial charge on any atom is -0.494 e. The van der Waals surface area contributed by atoms with Crippen LogP contribution in [-0.2, 0) is 17.8 Å². The lowest BCUT2D eigenvalue weighted by Gasteiger charge is -2.12. The van der Waals surface area contributed by atoms with Crippen LogP contribution in [0.5, 0.6) is 5.75 Å². The second kappa shape index (κ2) is 10.5. The Morgan fingerprint density at radius 3 is 2.62 bits per heavy atom. The molecule has 1 amide bonds. The average Bonchev–Trinajstić information content (AvgIpc) is 3.23. The average molecular weight is 480 g/mol. The highest BCUT2D eigenvalue weighted by molar-refractivity contribution is 6.31. The van der Waals surface area contributed by atoms with Crippen molar-refractivity contribution in [2.75, 3.05) is 6.61 Å². The van der Waals surface area contributed by atoms with Crippen molar-refractivity contribution >= 4 is 23.2 Å². The quantitative estimate of drug-likeness (QED) is 0.394. The van der Waals surface area contributed by atoms with E-state index in [-0.39, 0.29) is 23.0 Å². The van der Waals surface area contributed by atoms with Crippen molar-refractivity contribution in [2.45, 2.75) is 33.2 Å². The number of hydrogen-bond acceptors (Lipinski definition) is 5. The molecule has 0 aliphatic heterocycles. The molecule has 1 N–H and O–H groups in total. The third-order valence-corrected chi connectivity index (χ3v) is 5.83. The van der Waals surface area contributed by atoms with Gasteiger partial charge in [-0.3, -0.25) is 18.6 Å². The van der Waals surface area contributed by atoms with E-state index < -0.39 is 0 Å². The SMILES string of the molecule is CCOc1ccc(-n2ccn3c(CC(C)CC(=O)NCc4ccccc4Cl)nnc3c2=O)cc1. The van der Waals surface area contributed by atoms with E-state index in [1.807, 2.05) is 56.3 Å². The molecule has 0 bridgehead atoms. The maximum atomic E-state index is 13.0. The third kappa shape index (κ3) is 5.28. The molecule has 1 unspecified atom stereocenters. The normalized spacial score (nSPS) is 12.0. The Morgan fingerprint density at radius 1 is 1.12 bits per heavy atom. The highest BCUT2D eigenvalue weighted by atomic mass is 35.5. The molecule has 9 heteroatoms. The Morgan fingerprint density at radius 2 is 1.88 bits per heavy atom. The molecule has 4 aromatic rings. The Hall–Kier alpha value is -3.65.